The minimum absolute atomic E-state index is 0.0434. The smallest absolute Gasteiger partial charge is 0.285 e. The first-order valence-corrected chi connectivity index (χ1v) is 31.4. The summed E-state index contributed by atoms with van der Waals surface area (Å²) < 4.78 is 20.1. The number of piperidine rings is 5. The Bertz CT molecular complexity index is 3780. The van der Waals surface area contributed by atoms with Crippen molar-refractivity contribution < 1.29 is 75.0 Å². The molecule has 0 radical (unpaired) electrons. The Labute approximate surface area is 513 Å². The van der Waals surface area contributed by atoms with Gasteiger partial charge in [-0.3, -0.25) is 53.1 Å². The Balaban J connectivity index is 0.827. The van der Waals surface area contributed by atoms with Crippen molar-refractivity contribution in [1.29, 1.82) is 0 Å². The van der Waals surface area contributed by atoms with E-state index >= 15 is 14.4 Å². The molecule has 2 aliphatic carbocycles. The standard InChI is InChI=1S/C62H63N6O12.C6H5.Co.O/c1-33-20-39(25-42(21-33)80-51(71)19-18-35-14-10-8-11-15-35)65-49(69)29-44-46-27-48(53(44)60(65)78)58(76)67(57(46)75)41-23-37(22-40(24-41)66-50(70)28-43-45-26-47(52(43)59(66)77)56(74)64(7)55(45)73)54(72)63-38-30-61(3,4)68(62(5,6)31-38)79-32-34(2)36-16-12-9-13-17-36;1-2-4-6-5-3-1;;/h8-25,34,38,43-48,52-53H,2,26-32H2,1,3-7H3,(H,63,72);1-5H;;/b19-18+;;;. The van der Waals surface area contributed by atoms with Crippen molar-refractivity contribution in [1.82, 2.24) is 15.3 Å². The summed E-state index contributed by atoms with van der Waals surface area (Å²) in [6.07, 6.45) is 3.10. The molecule has 7 fully saturated rings. The van der Waals surface area contributed by atoms with Gasteiger partial charge in [0.1, 0.15) is 5.75 Å². The van der Waals surface area contributed by atoms with E-state index in [-0.39, 0.29) is 66.6 Å². The van der Waals surface area contributed by atoms with Gasteiger partial charge in [0.15, 0.2) is 0 Å². The van der Waals surface area contributed by atoms with Crippen LogP contribution >= 0.6 is 0 Å². The molecule has 9 amide bonds. The number of carbonyl (C=O) groups excluding carboxylic acids is 10. The number of esters is 1. The van der Waals surface area contributed by atoms with Gasteiger partial charge in [-0.15, -0.1) is 0 Å². The molecule has 19 nitrogen and oxygen atoms in total. The number of imide groups is 4. The van der Waals surface area contributed by atoms with Gasteiger partial charge < -0.3 is 4.74 Å². The fourth-order valence-electron chi connectivity index (χ4n) is 15.2. The molecule has 20 heteroatoms. The average molecular weight is 1240 g/mol. The Morgan fingerprint density at radius 1 is 0.625 bits per heavy atom. The van der Waals surface area contributed by atoms with Gasteiger partial charge in [-0.1, -0.05) is 30.3 Å². The van der Waals surface area contributed by atoms with E-state index in [0.717, 1.165) is 35.2 Å². The molecule has 457 valence electrons. The van der Waals surface area contributed by atoms with Crippen molar-refractivity contribution in [3.8, 4) is 5.75 Å². The number of anilines is 3. The van der Waals surface area contributed by atoms with Crippen molar-refractivity contribution in [2.45, 2.75) is 102 Å². The number of nitrogens with one attached hydrogen (secondary N) is 1. The molecule has 5 aromatic carbocycles. The van der Waals surface area contributed by atoms with Gasteiger partial charge in [0.25, 0.3) is 0 Å². The molecule has 0 spiro atoms. The summed E-state index contributed by atoms with van der Waals surface area (Å²) in [4.78, 5) is 154. The molecule has 5 aliphatic heterocycles. The van der Waals surface area contributed by atoms with Crippen molar-refractivity contribution in [3.63, 3.8) is 0 Å². The summed E-state index contributed by atoms with van der Waals surface area (Å²) in [6, 6.07) is 36.3. The molecule has 1 N–H and O–H groups in total. The summed E-state index contributed by atoms with van der Waals surface area (Å²) in [5.74, 6) is -14.4. The van der Waals surface area contributed by atoms with Crippen LogP contribution < -0.4 is 29.3 Å². The van der Waals surface area contributed by atoms with Gasteiger partial charge in [-0.2, -0.15) is 0 Å². The topological polar surface area (TPSA) is 234 Å². The van der Waals surface area contributed by atoms with Gasteiger partial charge in [-0.25, -0.2) is 9.69 Å². The quantitative estimate of drug-likeness (QED) is 0.0460. The summed E-state index contributed by atoms with van der Waals surface area (Å²) in [6.45, 7) is 9.93. The van der Waals surface area contributed by atoms with E-state index in [1.54, 1.807) is 25.1 Å². The van der Waals surface area contributed by atoms with E-state index < -0.39 is 137 Å². The molecule has 4 bridgehead atoms. The van der Waals surface area contributed by atoms with Gasteiger partial charge in [0.2, 0.25) is 47.3 Å². The number of aryl methyl sites for hydroxylation is 1. The first-order chi connectivity index (χ1) is 42.0. The van der Waals surface area contributed by atoms with Crippen LogP contribution in [-0.4, -0.2) is 99.9 Å². The fourth-order valence-corrected chi connectivity index (χ4v) is 16.9. The molecule has 5 heterocycles. The number of nitrogens with zero attached hydrogens (tertiary/aromatic N) is 5. The minimum atomic E-state index is -1.73. The number of benzene rings is 5. The van der Waals surface area contributed by atoms with E-state index in [1.165, 1.54) is 37.4 Å². The number of carbonyl (C=O) groups is 10. The fraction of sp³-hybridized carbons (Fsp3) is 0.382. The predicted molar refractivity (Wildman–Crippen MR) is 318 cm³/mol. The van der Waals surface area contributed by atoms with E-state index in [1.807, 2.05) is 124 Å². The van der Waals surface area contributed by atoms with Crippen molar-refractivity contribution in [2.24, 2.45) is 47.3 Å². The molecule has 0 aromatic heterocycles. The monoisotopic (exact) mass is 1240 g/mol. The summed E-state index contributed by atoms with van der Waals surface area (Å²) >= 11 is -1.73. The third kappa shape index (κ3) is 11.0. The average Bonchev–Trinajstić information content (AvgIpc) is 1.81. The van der Waals surface area contributed by atoms with Crippen molar-refractivity contribution in [3.05, 3.63) is 156 Å². The number of hydrogen-bond donors (Lipinski definition) is 1. The Morgan fingerprint density at radius 3 is 1.74 bits per heavy atom. The maximum absolute atomic E-state index is 15.2. The predicted octanol–water partition coefficient (Wildman–Crippen LogP) is 7.62. The molecule has 5 saturated heterocycles. The number of hydroxylamine groups is 2. The van der Waals surface area contributed by atoms with Crippen LogP contribution in [0, 0.1) is 54.3 Å². The molecule has 9 atom stereocenters. The zero-order chi connectivity index (χ0) is 62.2. The number of ether oxygens (including phenoxy) is 1. The van der Waals surface area contributed by atoms with Crippen LogP contribution in [0.1, 0.15) is 99.2 Å². The van der Waals surface area contributed by atoms with Gasteiger partial charge in [-0.05, 0) is 67.0 Å². The third-order valence-electron chi connectivity index (χ3n) is 18.8. The first kappa shape index (κ1) is 59.9. The molecule has 5 aromatic rings. The third-order valence-corrected chi connectivity index (χ3v) is 20.7. The van der Waals surface area contributed by atoms with Crippen LogP contribution in [0.3, 0.4) is 0 Å². The summed E-state index contributed by atoms with van der Waals surface area (Å²) in [5, 5.41) is 5.47. The van der Waals surface area contributed by atoms with Crippen LogP contribution in [-0.2, 0) is 65.4 Å². The number of hydrogen-bond acceptors (Lipinski definition) is 14. The summed E-state index contributed by atoms with van der Waals surface area (Å²) in [7, 11) is 1.36. The second kappa shape index (κ2) is 23.3. The van der Waals surface area contributed by atoms with Crippen LogP contribution in [0.4, 0.5) is 17.1 Å². The number of rotatable bonds is 15. The Morgan fingerprint density at radius 2 is 1.14 bits per heavy atom. The Hall–Kier alpha value is -8.43. The van der Waals surface area contributed by atoms with Crippen LogP contribution in [0.2, 0.25) is 5.36 Å². The van der Waals surface area contributed by atoms with Gasteiger partial charge in [0.05, 0.1) is 40.7 Å². The minimum Gasteiger partial charge on any atom is -0.285 e. The second-order valence-electron chi connectivity index (χ2n) is 25.6. The molecule has 88 heavy (non-hydrogen) atoms. The van der Waals surface area contributed by atoms with E-state index in [9.17, 15) is 37.4 Å². The number of likely N-dealkylation sites (tertiary alicyclic amines) is 1. The molecule has 9 unspecified atom stereocenters. The van der Waals surface area contributed by atoms with Crippen LogP contribution in [0.5, 0.6) is 5.75 Å². The van der Waals surface area contributed by atoms with E-state index in [2.05, 4.69) is 5.32 Å². The molecule has 12 rings (SSSR count). The second-order valence-corrected chi connectivity index (χ2v) is 27.5. The molecule has 2 saturated carbocycles. The molecular weight excluding hydrogens is 1170 g/mol. The van der Waals surface area contributed by atoms with Crippen molar-refractivity contribution in [2.75, 3.05) is 28.4 Å². The first-order valence-electron chi connectivity index (χ1n) is 29.7. The SMILES string of the molecule is Cc1cc(OC(=O)/C=C/c2ccccc2)cc(N2C(=O)CC3C4CC(C(=O)N(c5cc(C(=O)NC6CC(C)(C)N(OCC([CH2][Co](=[O])[c]7ccccc7)c7ccccc7)C(C)(C)C6)cc(N6C(=O)CC7C8CC(C(=O)N(C)C8=O)C7C6=O)c5)C4=O)C3C2=O)c1. The summed E-state index contributed by atoms with van der Waals surface area (Å²) in [5.41, 5.74) is 0.586. The van der Waals surface area contributed by atoms with Crippen molar-refractivity contribution >= 4 is 86.8 Å². The molecular formula is C68H68CoN6O13. The van der Waals surface area contributed by atoms with Crippen LogP contribution in [0.25, 0.3) is 6.08 Å². The zero-order valence-electron chi connectivity index (χ0n) is 49.6. The van der Waals surface area contributed by atoms with Crippen LogP contribution in [0.15, 0.2) is 133 Å². The van der Waals surface area contributed by atoms with Gasteiger partial charge in [0, 0.05) is 43.9 Å². The van der Waals surface area contributed by atoms with E-state index in [4.69, 9.17) is 9.57 Å². The normalized spacial score (nSPS) is 26.4. The number of fused-ring (bicyclic) bond motifs is 10. The zero-order valence-corrected chi connectivity index (χ0v) is 50.6. The number of amides is 9. The van der Waals surface area contributed by atoms with Gasteiger partial charge >= 0.3 is 213 Å². The molecule has 7 aliphatic rings. The maximum atomic E-state index is 15.2. The Kier molecular flexibility index (Phi) is 15.8. The van der Waals surface area contributed by atoms with E-state index in [0.29, 0.717) is 23.8 Å².